The third-order valence-electron chi connectivity index (χ3n) is 2.42. The summed E-state index contributed by atoms with van der Waals surface area (Å²) < 4.78 is 0. The third kappa shape index (κ3) is 3.80. The Morgan fingerprint density at radius 1 is 1.18 bits per heavy atom. The van der Waals surface area contributed by atoms with Gasteiger partial charge >= 0.3 is 0 Å². The number of aliphatic hydroxyl groups excluding tert-OH is 1. The van der Waals surface area contributed by atoms with Gasteiger partial charge in [-0.25, -0.2) is 0 Å². The molecule has 7 heteroatoms. The van der Waals surface area contributed by atoms with Crippen molar-refractivity contribution in [3.8, 4) is 0 Å². The molecule has 0 aliphatic carbocycles. The Morgan fingerprint density at radius 2 is 1.76 bits per heavy atom. The molecule has 92 valence electrons. The SMILES string of the molecule is O=[N+]([O-])C[C@@H](CCO)c1ccc([N+](=O)[O-])cc1. The van der Waals surface area contributed by atoms with E-state index in [1.165, 1.54) is 24.3 Å². The number of nitro benzene ring substituents is 1. The van der Waals surface area contributed by atoms with E-state index in [-0.39, 0.29) is 25.3 Å². The molecule has 0 aliphatic heterocycles. The predicted octanol–water partition coefficient (Wildman–Crippen LogP) is 1.34. The normalized spacial score (nSPS) is 12.1. The Hall–Kier alpha value is -2.02. The molecule has 1 aromatic carbocycles. The van der Waals surface area contributed by atoms with Gasteiger partial charge in [-0.2, -0.15) is 0 Å². The zero-order chi connectivity index (χ0) is 12.8. The van der Waals surface area contributed by atoms with Gasteiger partial charge in [0.1, 0.15) is 0 Å². The molecule has 0 saturated carbocycles. The first kappa shape index (κ1) is 13.0. The maximum Gasteiger partial charge on any atom is 0.269 e. The van der Waals surface area contributed by atoms with Crippen molar-refractivity contribution in [1.29, 1.82) is 0 Å². The van der Waals surface area contributed by atoms with Crippen molar-refractivity contribution in [2.24, 2.45) is 0 Å². The average Bonchev–Trinajstić information content (AvgIpc) is 2.28. The highest BCUT2D eigenvalue weighted by Gasteiger charge is 2.18. The predicted molar refractivity (Wildman–Crippen MR) is 59.4 cm³/mol. The molecule has 1 atom stereocenters. The van der Waals surface area contributed by atoms with Gasteiger partial charge in [0, 0.05) is 23.7 Å². The number of non-ortho nitro benzene ring substituents is 1. The molecule has 0 spiro atoms. The van der Waals surface area contributed by atoms with E-state index in [0.29, 0.717) is 5.56 Å². The Morgan fingerprint density at radius 3 is 2.18 bits per heavy atom. The first-order valence-electron chi connectivity index (χ1n) is 5.01. The van der Waals surface area contributed by atoms with Crippen LogP contribution < -0.4 is 0 Å². The van der Waals surface area contributed by atoms with Crippen LogP contribution in [0.5, 0.6) is 0 Å². The van der Waals surface area contributed by atoms with Crippen LogP contribution >= 0.6 is 0 Å². The minimum atomic E-state index is -0.529. The zero-order valence-corrected chi connectivity index (χ0v) is 8.98. The number of nitro groups is 2. The van der Waals surface area contributed by atoms with Crippen LogP contribution in [-0.4, -0.2) is 28.1 Å². The summed E-state index contributed by atoms with van der Waals surface area (Å²) in [6.07, 6.45) is 0.263. The molecule has 17 heavy (non-hydrogen) atoms. The van der Waals surface area contributed by atoms with Crippen molar-refractivity contribution in [1.82, 2.24) is 0 Å². The van der Waals surface area contributed by atoms with E-state index in [9.17, 15) is 20.2 Å². The summed E-state index contributed by atoms with van der Waals surface area (Å²) in [5.74, 6) is -0.421. The van der Waals surface area contributed by atoms with Crippen LogP contribution in [0.1, 0.15) is 17.9 Å². The second-order valence-corrected chi connectivity index (χ2v) is 3.57. The van der Waals surface area contributed by atoms with E-state index in [0.717, 1.165) is 0 Å². The molecule has 0 aromatic heterocycles. The van der Waals surface area contributed by atoms with E-state index in [1.54, 1.807) is 0 Å². The summed E-state index contributed by atoms with van der Waals surface area (Å²) in [5.41, 5.74) is 0.568. The summed E-state index contributed by atoms with van der Waals surface area (Å²) in [5, 5.41) is 29.7. The molecular formula is C10H12N2O5. The van der Waals surface area contributed by atoms with Crippen molar-refractivity contribution in [2.45, 2.75) is 12.3 Å². The van der Waals surface area contributed by atoms with Gasteiger partial charge in [0.25, 0.3) is 5.69 Å². The van der Waals surface area contributed by atoms with E-state index >= 15 is 0 Å². The second kappa shape index (κ2) is 5.90. The van der Waals surface area contributed by atoms with Crippen LogP contribution in [0.25, 0.3) is 0 Å². The number of hydrogen-bond donors (Lipinski definition) is 1. The first-order chi connectivity index (χ1) is 8.04. The van der Waals surface area contributed by atoms with Crippen LogP contribution in [0.3, 0.4) is 0 Å². The molecule has 0 aliphatic rings. The fourth-order valence-electron chi connectivity index (χ4n) is 1.57. The molecular weight excluding hydrogens is 228 g/mol. The maximum absolute atomic E-state index is 10.4. The fourth-order valence-corrected chi connectivity index (χ4v) is 1.57. The minimum absolute atomic E-state index is 0.0578. The highest BCUT2D eigenvalue weighted by atomic mass is 16.6. The number of aliphatic hydroxyl groups is 1. The fraction of sp³-hybridized carbons (Fsp3) is 0.400. The lowest BCUT2D eigenvalue weighted by atomic mass is 9.96. The Bertz CT molecular complexity index is 404. The smallest absolute Gasteiger partial charge is 0.269 e. The van der Waals surface area contributed by atoms with Crippen molar-refractivity contribution in [3.63, 3.8) is 0 Å². The van der Waals surface area contributed by atoms with Gasteiger partial charge in [-0.3, -0.25) is 20.2 Å². The number of rotatable bonds is 6. The van der Waals surface area contributed by atoms with Gasteiger partial charge in [0.15, 0.2) is 0 Å². The van der Waals surface area contributed by atoms with E-state index in [4.69, 9.17) is 5.11 Å². The van der Waals surface area contributed by atoms with Gasteiger partial charge in [0.2, 0.25) is 6.54 Å². The van der Waals surface area contributed by atoms with E-state index in [2.05, 4.69) is 0 Å². The summed E-state index contributed by atoms with van der Waals surface area (Å²) in [6, 6.07) is 5.59. The molecule has 1 N–H and O–H groups in total. The lowest BCUT2D eigenvalue weighted by Gasteiger charge is -2.11. The highest BCUT2D eigenvalue weighted by Crippen LogP contribution is 2.22. The molecule has 0 bridgehead atoms. The topological polar surface area (TPSA) is 107 Å². The molecule has 0 saturated heterocycles. The first-order valence-corrected chi connectivity index (χ1v) is 5.01. The van der Waals surface area contributed by atoms with Crippen molar-refractivity contribution in [2.75, 3.05) is 13.2 Å². The maximum atomic E-state index is 10.4. The zero-order valence-electron chi connectivity index (χ0n) is 8.98. The minimum Gasteiger partial charge on any atom is -0.396 e. The lowest BCUT2D eigenvalue weighted by Crippen LogP contribution is -2.14. The Labute approximate surface area is 97.0 Å². The van der Waals surface area contributed by atoms with Crippen molar-refractivity contribution < 1.29 is 15.0 Å². The van der Waals surface area contributed by atoms with Gasteiger partial charge in [0.05, 0.1) is 10.8 Å². The largest absolute Gasteiger partial charge is 0.396 e. The number of benzene rings is 1. The summed E-state index contributed by atoms with van der Waals surface area (Å²) >= 11 is 0. The summed E-state index contributed by atoms with van der Waals surface area (Å²) in [6.45, 7) is -0.451. The second-order valence-electron chi connectivity index (χ2n) is 3.57. The quantitative estimate of drug-likeness (QED) is 0.596. The molecule has 7 nitrogen and oxygen atoms in total. The third-order valence-corrected chi connectivity index (χ3v) is 2.42. The van der Waals surface area contributed by atoms with Crippen LogP contribution in [0.15, 0.2) is 24.3 Å². The van der Waals surface area contributed by atoms with Crippen molar-refractivity contribution >= 4 is 5.69 Å². The van der Waals surface area contributed by atoms with E-state index < -0.39 is 15.8 Å². The molecule has 0 radical (unpaired) electrons. The van der Waals surface area contributed by atoms with Gasteiger partial charge in [-0.05, 0) is 12.0 Å². The molecule has 0 fully saturated rings. The van der Waals surface area contributed by atoms with E-state index in [1.807, 2.05) is 0 Å². The number of hydrogen-bond acceptors (Lipinski definition) is 5. The molecule has 0 amide bonds. The standard InChI is InChI=1S/C10H12N2O5/c13-6-5-9(7-11(14)15)8-1-3-10(4-2-8)12(16)17/h1-4,9,13H,5-7H2/t9-/m1/s1. The lowest BCUT2D eigenvalue weighted by molar-refractivity contribution is -0.483. The average molecular weight is 240 g/mol. The highest BCUT2D eigenvalue weighted by molar-refractivity contribution is 5.34. The monoisotopic (exact) mass is 240 g/mol. The molecule has 0 heterocycles. The van der Waals surface area contributed by atoms with Gasteiger partial charge in [-0.1, -0.05) is 12.1 Å². The molecule has 1 aromatic rings. The molecule has 0 unspecified atom stereocenters. The number of nitrogens with zero attached hydrogens (tertiary/aromatic N) is 2. The van der Waals surface area contributed by atoms with Crippen LogP contribution in [0.4, 0.5) is 5.69 Å². The van der Waals surface area contributed by atoms with Crippen LogP contribution in [0, 0.1) is 20.2 Å². The summed E-state index contributed by atoms with van der Waals surface area (Å²) in [7, 11) is 0. The molecule has 1 rings (SSSR count). The van der Waals surface area contributed by atoms with Gasteiger partial charge < -0.3 is 5.11 Å². The van der Waals surface area contributed by atoms with Crippen molar-refractivity contribution in [3.05, 3.63) is 50.1 Å². The van der Waals surface area contributed by atoms with Gasteiger partial charge in [-0.15, -0.1) is 0 Å². The van der Waals surface area contributed by atoms with Crippen LogP contribution in [-0.2, 0) is 0 Å². The van der Waals surface area contributed by atoms with Crippen LogP contribution in [0.2, 0.25) is 0 Å². The Kier molecular flexibility index (Phi) is 4.53. The Balaban J connectivity index is 2.86. The summed E-state index contributed by atoms with van der Waals surface area (Å²) in [4.78, 5) is 19.9.